The fourth-order valence-corrected chi connectivity index (χ4v) is 1.06. The van der Waals surface area contributed by atoms with Crippen molar-refractivity contribution in [1.82, 2.24) is 0 Å². The molecule has 0 amide bonds. The average molecular weight is 119 g/mol. The maximum absolute atomic E-state index is 5.34. The molecule has 0 aliphatic heterocycles. The van der Waals surface area contributed by atoms with Crippen LogP contribution in [0.4, 0.5) is 0 Å². The second-order valence-electron chi connectivity index (χ2n) is 1.80. The first-order valence-corrected chi connectivity index (χ1v) is 3.89. The Morgan fingerprint density at radius 3 is 2.43 bits per heavy atom. The van der Waals surface area contributed by atoms with E-state index in [9.17, 15) is 0 Å². The molecule has 0 saturated carbocycles. The number of rotatable bonds is 3. The van der Waals surface area contributed by atoms with Crippen molar-refractivity contribution in [3.05, 3.63) is 0 Å². The van der Waals surface area contributed by atoms with Gasteiger partial charge < -0.3 is 5.73 Å². The molecule has 0 aromatic carbocycles. The molecule has 1 unspecified atom stereocenters. The van der Waals surface area contributed by atoms with Gasteiger partial charge in [-0.1, -0.05) is 6.92 Å². The SMILES string of the molecule is CSCC(C)CN. The zero-order valence-electron chi connectivity index (χ0n) is 4.98. The molecule has 0 aromatic heterocycles. The van der Waals surface area contributed by atoms with Gasteiger partial charge in [-0.15, -0.1) is 0 Å². The highest BCUT2D eigenvalue weighted by Crippen LogP contribution is 2.00. The van der Waals surface area contributed by atoms with Crippen LogP contribution in [0, 0.1) is 5.92 Å². The molecule has 0 aromatic rings. The number of thioether (sulfide) groups is 1. The van der Waals surface area contributed by atoms with Crippen molar-refractivity contribution in [2.24, 2.45) is 11.7 Å². The zero-order chi connectivity index (χ0) is 5.70. The van der Waals surface area contributed by atoms with E-state index in [1.807, 2.05) is 11.8 Å². The molecular formula is C5H13NS. The topological polar surface area (TPSA) is 26.0 Å². The Kier molecular flexibility index (Phi) is 4.67. The molecule has 0 rings (SSSR count). The van der Waals surface area contributed by atoms with E-state index in [0.717, 1.165) is 6.54 Å². The lowest BCUT2D eigenvalue weighted by molar-refractivity contribution is 0.676. The average Bonchev–Trinajstić information content (AvgIpc) is 1.68. The molecule has 2 N–H and O–H groups in total. The van der Waals surface area contributed by atoms with Gasteiger partial charge in [-0.05, 0) is 24.5 Å². The minimum atomic E-state index is 0.690. The Balaban J connectivity index is 2.83. The van der Waals surface area contributed by atoms with Gasteiger partial charge in [0.05, 0.1) is 0 Å². The standard InChI is InChI=1S/C5H13NS/c1-5(3-6)4-7-2/h5H,3-4,6H2,1-2H3. The summed E-state index contributed by atoms with van der Waals surface area (Å²) < 4.78 is 0. The minimum absolute atomic E-state index is 0.690. The van der Waals surface area contributed by atoms with Gasteiger partial charge in [0.25, 0.3) is 0 Å². The van der Waals surface area contributed by atoms with Crippen molar-refractivity contribution in [2.45, 2.75) is 6.92 Å². The van der Waals surface area contributed by atoms with Gasteiger partial charge in [0.15, 0.2) is 0 Å². The van der Waals surface area contributed by atoms with E-state index < -0.39 is 0 Å². The Morgan fingerprint density at radius 1 is 1.71 bits per heavy atom. The summed E-state index contributed by atoms with van der Waals surface area (Å²) in [5.74, 6) is 1.88. The van der Waals surface area contributed by atoms with E-state index in [0.29, 0.717) is 5.92 Å². The van der Waals surface area contributed by atoms with Crippen LogP contribution < -0.4 is 5.73 Å². The summed E-state index contributed by atoms with van der Waals surface area (Å²) in [7, 11) is 0. The minimum Gasteiger partial charge on any atom is -0.330 e. The third kappa shape index (κ3) is 4.16. The monoisotopic (exact) mass is 119 g/mol. The molecule has 0 radical (unpaired) electrons. The first kappa shape index (κ1) is 7.31. The maximum atomic E-state index is 5.34. The van der Waals surface area contributed by atoms with Crippen molar-refractivity contribution in [3.63, 3.8) is 0 Å². The van der Waals surface area contributed by atoms with Crippen LogP contribution in [0.25, 0.3) is 0 Å². The molecule has 0 aliphatic carbocycles. The fourth-order valence-electron chi connectivity index (χ4n) is 0.353. The first-order chi connectivity index (χ1) is 3.31. The van der Waals surface area contributed by atoms with Gasteiger partial charge >= 0.3 is 0 Å². The zero-order valence-corrected chi connectivity index (χ0v) is 5.79. The van der Waals surface area contributed by atoms with E-state index in [1.165, 1.54) is 5.75 Å². The first-order valence-electron chi connectivity index (χ1n) is 2.50. The molecule has 1 atom stereocenters. The third-order valence-corrected chi connectivity index (χ3v) is 1.76. The Bertz CT molecular complexity index is 39.1. The van der Waals surface area contributed by atoms with E-state index in [1.54, 1.807) is 0 Å². The lowest BCUT2D eigenvalue weighted by Crippen LogP contribution is -2.12. The molecule has 44 valence electrons. The smallest absolute Gasteiger partial charge is 0.00325 e. The molecule has 0 fully saturated rings. The summed E-state index contributed by atoms with van der Waals surface area (Å²) in [6, 6.07) is 0. The van der Waals surface area contributed by atoms with E-state index >= 15 is 0 Å². The Hall–Kier alpha value is 0.310. The second-order valence-corrected chi connectivity index (χ2v) is 2.71. The summed E-state index contributed by atoms with van der Waals surface area (Å²) >= 11 is 1.85. The highest BCUT2D eigenvalue weighted by atomic mass is 32.2. The number of hydrogen-bond donors (Lipinski definition) is 1. The number of nitrogens with two attached hydrogens (primary N) is 1. The predicted octanol–water partition coefficient (Wildman–Crippen LogP) is 0.944. The van der Waals surface area contributed by atoms with Crippen molar-refractivity contribution in [2.75, 3.05) is 18.6 Å². The largest absolute Gasteiger partial charge is 0.330 e. The molecule has 0 heterocycles. The van der Waals surface area contributed by atoms with E-state index in [-0.39, 0.29) is 0 Å². The van der Waals surface area contributed by atoms with Crippen molar-refractivity contribution >= 4 is 11.8 Å². The maximum Gasteiger partial charge on any atom is -0.00325 e. The second kappa shape index (κ2) is 4.47. The van der Waals surface area contributed by atoms with Gasteiger partial charge in [-0.25, -0.2) is 0 Å². The van der Waals surface area contributed by atoms with Gasteiger partial charge in [0.1, 0.15) is 0 Å². The molecule has 2 heteroatoms. The number of hydrogen-bond acceptors (Lipinski definition) is 2. The normalized spacial score (nSPS) is 14.1. The summed E-state index contributed by atoms with van der Waals surface area (Å²) in [6.45, 7) is 2.98. The summed E-state index contributed by atoms with van der Waals surface area (Å²) in [4.78, 5) is 0. The summed E-state index contributed by atoms with van der Waals surface area (Å²) in [6.07, 6.45) is 2.10. The summed E-state index contributed by atoms with van der Waals surface area (Å²) in [5.41, 5.74) is 5.34. The van der Waals surface area contributed by atoms with E-state index in [4.69, 9.17) is 5.73 Å². The lowest BCUT2D eigenvalue weighted by Gasteiger charge is -2.02. The summed E-state index contributed by atoms with van der Waals surface area (Å²) in [5, 5.41) is 0. The lowest BCUT2D eigenvalue weighted by atomic mass is 10.2. The van der Waals surface area contributed by atoms with Crippen LogP contribution in [-0.2, 0) is 0 Å². The molecule has 1 nitrogen and oxygen atoms in total. The van der Waals surface area contributed by atoms with Crippen molar-refractivity contribution in [1.29, 1.82) is 0 Å². The van der Waals surface area contributed by atoms with Crippen LogP contribution in [0.15, 0.2) is 0 Å². The van der Waals surface area contributed by atoms with Crippen LogP contribution in [0.1, 0.15) is 6.92 Å². The fraction of sp³-hybridized carbons (Fsp3) is 1.00. The molecule has 7 heavy (non-hydrogen) atoms. The quantitative estimate of drug-likeness (QED) is 0.598. The van der Waals surface area contributed by atoms with Gasteiger partial charge in [-0.3, -0.25) is 0 Å². The Labute approximate surface area is 49.7 Å². The van der Waals surface area contributed by atoms with Crippen molar-refractivity contribution < 1.29 is 0 Å². The predicted molar refractivity (Wildman–Crippen MR) is 36.6 cm³/mol. The van der Waals surface area contributed by atoms with Gasteiger partial charge in [0, 0.05) is 0 Å². The van der Waals surface area contributed by atoms with Crippen LogP contribution >= 0.6 is 11.8 Å². The van der Waals surface area contributed by atoms with Crippen LogP contribution in [0.2, 0.25) is 0 Å². The van der Waals surface area contributed by atoms with Crippen LogP contribution in [0.3, 0.4) is 0 Å². The van der Waals surface area contributed by atoms with E-state index in [2.05, 4.69) is 13.2 Å². The highest BCUT2D eigenvalue weighted by molar-refractivity contribution is 7.98. The van der Waals surface area contributed by atoms with Gasteiger partial charge in [0.2, 0.25) is 0 Å². The highest BCUT2D eigenvalue weighted by Gasteiger charge is 1.93. The van der Waals surface area contributed by atoms with Crippen LogP contribution in [-0.4, -0.2) is 18.6 Å². The molecule has 0 aliphatic rings. The molecular weight excluding hydrogens is 106 g/mol. The molecule has 0 saturated heterocycles. The van der Waals surface area contributed by atoms with Gasteiger partial charge in [-0.2, -0.15) is 11.8 Å². The Morgan fingerprint density at radius 2 is 2.29 bits per heavy atom. The van der Waals surface area contributed by atoms with Crippen molar-refractivity contribution in [3.8, 4) is 0 Å². The third-order valence-electron chi connectivity index (χ3n) is 0.854. The molecule has 0 bridgehead atoms. The molecule has 0 spiro atoms. The van der Waals surface area contributed by atoms with Crippen LogP contribution in [0.5, 0.6) is 0 Å².